The van der Waals surface area contributed by atoms with Gasteiger partial charge in [-0.15, -0.1) is 0 Å². The molecule has 0 amide bonds. The monoisotopic (exact) mass is 371 g/mol. The summed E-state index contributed by atoms with van der Waals surface area (Å²) in [5.74, 6) is 0.316. The van der Waals surface area contributed by atoms with Gasteiger partial charge in [0.2, 0.25) is 5.95 Å². The summed E-state index contributed by atoms with van der Waals surface area (Å²) < 4.78 is 2.91. The molecular weight excluding hydrogens is 354 g/mol. The first-order chi connectivity index (χ1) is 12.9. The van der Waals surface area contributed by atoms with Crippen LogP contribution in [0.2, 0.25) is 0 Å². The number of H-pyrrole nitrogens is 1. The van der Waals surface area contributed by atoms with E-state index in [9.17, 15) is 19.7 Å². The van der Waals surface area contributed by atoms with Crippen molar-refractivity contribution in [3.05, 3.63) is 60.8 Å². The molecule has 0 bridgehead atoms. The molecule has 0 fully saturated rings. The first kappa shape index (κ1) is 18.0. The molecule has 11 nitrogen and oxygen atoms in total. The van der Waals surface area contributed by atoms with Crippen molar-refractivity contribution in [1.29, 1.82) is 0 Å². The lowest BCUT2D eigenvalue weighted by Gasteiger charge is -2.05. The van der Waals surface area contributed by atoms with Crippen molar-refractivity contribution in [2.24, 2.45) is 12.1 Å². The fourth-order valence-corrected chi connectivity index (χ4v) is 2.61. The van der Waals surface area contributed by atoms with E-state index in [2.05, 4.69) is 20.5 Å². The standard InChI is InChI=1S/C16H17N7O4/c1-3-8-22-12-13(21(2)16(25)19-14(12)24)18-15(22)20-17-9-10-4-6-11(7-5-10)23(26)27/h4-7,9H,3,8H2,1-2H3,(H,18,20)(H,19,24,25)/b17-9-. The summed E-state index contributed by atoms with van der Waals surface area (Å²) in [6.07, 6.45) is 2.22. The van der Waals surface area contributed by atoms with E-state index in [1.807, 2.05) is 6.92 Å². The summed E-state index contributed by atoms with van der Waals surface area (Å²) in [4.78, 5) is 40.7. The summed E-state index contributed by atoms with van der Waals surface area (Å²) in [5, 5.41) is 14.7. The first-order valence-electron chi connectivity index (χ1n) is 8.15. The van der Waals surface area contributed by atoms with Crippen LogP contribution in [0.5, 0.6) is 0 Å². The number of hydrogen-bond acceptors (Lipinski definition) is 7. The van der Waals surface area contributed by atoms with Crippen LogP contribution in [0.3, 0.4) is 0 Å². The number of aryl methyl sites for hydroxylation is 2. The van der Waals surface area contributed by atoms with Crippen LogP contribution in [0, 0.1) is 10.1 Å². The number of imidazole rings is 1. The molecule has 2 heterocycles. The van der Waals surface area contributed by atoms with Crippen LogP contribution in [0.4, 0.5) is 11.6 Å². The van der Waals surface area contributed by atoms with E-state index in [-0.39, 0.29) is 16.9 Å². The third-order valence-corrected chi connectivity index (χ3v) is 3.94. The van der Waals surface area contributed by atoms with Crippen molar-refractivity contribution in [2.75, 3.05) is 5.43 Å². The van der Waals surface area contributed by atoms with Gasteiger partial charge in [-0.2, -0.15) is 10.1 Å². The van der Waals surface area contributed by atoms with Crippen molar-refractivity contribution in [1.82, 2.24) is 19.1 Å². The highest BCUT2D eigenvalue weighted by molar-refractivity contribution is 5.81. The van der Waals surface area contributed by atoms with E-state index in [1.165, 1.54) is 30.0 Å². The second-order valence-electron chi connectivity index (χ2n) is 5.80. The molecule has 0 saturated carbocycles. The minimum Gasteiger partial charge on any atom is -0.303 e. The van der Waals surface area contributed by atoms with E-state index in [4.69, 9.17) is 0 Å². The molecule has 0 radical (unpaired) electrons. The maximum atomic E-state index is 12.2. The zero-order chi connectivity index (χ0) is 19.6. The van der Waals surface area contributed by atoms with Gasteiger partial charge in [0.1, 0.15) is 0 Å². The van der Waals surface area contributed by atoms with Gasteiger partial charge in [-0.3, -0.25) is 24.5 Å². The first-order valence-corrected chi connectivity index (χ1v) is 8.15. The number of nitro benzene ring substituents is 1. The minimum atomic E-state index is -0.547. The Balaban J connectivity index is 1.94. The summed E-state index contributed by atoms with van der Waals surface area (Å²) in [7, 11) is 1.52. The number of aromatic nitrogens is 4. The maximum Gasteiger partial charge on any atom is 0.329 e. The summed E-state index contributed by atoms with van der Waals surface area (Å²) in [5.41, 5.74) is 2.89. The molecule has 3 rings (SSSR count). The Bertz CT molecular complexity index is 1140. The molecule has 2 aromatic heterocycles. The van der Waals surface area contributed by atoms with Crippen LogP contribution >= 0.6 is 0 Å². The van der Waals surface area contributed by atoms with Crippen molar-refractivity contribution in [3.8, 4) is 0 Å². The average molecular weight is 371 g/mol. The zero-order valence-corrected chi connectivity index (χ0v) is 14.7. The van der Waals surface area contributed by atoms with Gasteiger partial charge in [0.05, 0.1) is 11.1 Å². The molecule has 11 heteroatoms. The molecule has 0 aliphatic carbocycles. The zero-order valence-electron chi connectivity index (χ0n) is 14.7. The van der Waals surface area contributed by atoms with Crippen molar-refractivity contribution >= 4 is 29.0 Å². The Kier molecular flexibility index (Phi) is 4.83. The molecule has 0 spiro atoms. The number of non-ortho nitro benzene ring substituents is 1. The number of anilines is 1. The van der Waals surface area contributed by atoms with E-state index in [0.29, 0.717) is 18.1 Å². The van der Waals surface area contributed by atoms with E-state index < -0.39 is 16.2 Å². The predicted octanol–water partition coefficient (Wildman–Crippen LogP) is 1.19. The van der Waals surface area contributed by atoms with Gasteiger partial charge < -0.3 is 4.57 Å². The van der Waals surface area contributed by atoms with Crippen LogP contribution in [0.15, 0.2) is 39.0 Å². The molecule has 140 valence electrons. The van der Waals surface area contributed by atoms with Crippen LogP contribution in [-0.4, -0.2) is 30.2 Å². The van der Waals surface area contributed by atoms with Gasteiger partial charge in [-0.25, -0.2) is 10.2 Å². The van der Waals surface area contributed by atoms with Crippen molar-refractivity contribution in [2.45, 2.75) is 19.9 Å². The Morgan fingerprint density at radius 2 is 2.04 bits per heavy atom. The Morgan fingerprint density at radius 3 is 2.67 bits per heavy atom. The highest BCUT2D eigenvalue weighted by atomic mass is 16.6. The molecule has 0 unspecified atom stereocenters. The van der Waals surface area contributed by atoms with Crippen LogP contribution in [-0.2, 0) is 13.6 Å². The molecule has 3 aromatic rings. The summed E-state index contributed by atoms with van der Waals surface area (Å²) in [6, 6.07) is 5.88. The molecule has 0 atom stereocenters. The summed E-state index contributed by atoms with van der Waals surface area (Å²) in [6.45, 7) is 2.46. The number of hydrazone groups is 1. The number of benzene rings is 1. The van der Waals surface area contributed by atoms with Crippen molar-refractivity contribution in [3.63, 3.8) is 0 Å². The van der Waals surface area contributed by atoms with Crippen LogP contribution in [0.25, 0.3) is 11.2 Å². The quantitative estimate of drug-likeness (QED) is 0.379. The SMILES string of the molecule is CCCn1c(N/N=C\c2ccc([N+](=O)[O-])cc2)nc2c1c(=O)[nH]c(=O)n2C. The maximum absolute atomic E-state index is 12.2. The second-order valence-corrected chi connectivity index (χ2v) is 5.80. The number of nitrogens with one attached hydrogen (secondary N) is 2. The molecule has 0 saturated heterocycles. The fraction of sp³-hybridized carbons (Fsp3) is 0.250. The van der Waals surface area contributed by atoms with Gasteiger partial charge in [0.15, 0.2) is 11.2 Å². The Morgan fingerprint density at radius 1 is 1.33 bits per heavy atom. The number of fused-ring (bicyclic) bond motifs is 1. The lowest BCUT2D eigenvalue weighted by atomic mass is 10.2. The smallest absolute Gasteiger partial charge is 0.303 e. The molecule has 2 N–H and O–H groups in total. The topological polar surface area (TPSA) is 140 Å². The number of nitrogens with zero attached hydrogens (tertiary/aromatic N) is 5. The van der Waals surface area contributed by atoms with Gasteiger partial charge in [0.25, 0.3) is 11.2 Å². The van der Waals surface area contributed by atoms with E-state index in [0.717, 1.165) is 6.42 Å². The molecule has 27 heavy (non-hydrogen) atoms. The largest absolute Gasteiger partial charge is 0.329 e. The van der Waals surface area contributed by atoms with Gasteiger partial charge in [-0.1, -0.05) is 6.92 Å². The number of rotatable bonds is 6. The molecular formula is C16H17N7O4. The average Bonchev–Trinajstić information content (AvgIpc) is 3.00. The lowest BCUT2D eigenvalue weighted by Crippen LogP contribution is -2.29. The van der Waals surface area contributed by atoms with Gasteiger partial charge in [-0.05, 0) is 24.1 Å². The third kappa shape index (κ3) is 3.47. The molecule has 0 aliphatic rings. The van der Waals surface area contributed by atoms with Crippen LogP contribution in [0.1, 0.15) is 18.9 Å². The lowest BCUT2D eigenvalue weighted by molar-refractivity contribution is -0.384. The molecule has 0 aliphatic heterocycles. The second kappa shape index (κ2) is 7.23. The normalized spacial score (nSPS) is 11.3. The van der Waals surface area contributed by atoms with E-state index >= 15 is 0 Å². The van der Waals surface area contributed by atoms with Gasteiger partial charge >= 0.3 is 5.69 Å². The molecule has 1 aromatic carbocycles. The predicted molar refractivity (Wildman–Crippen MR) is 100 cm³/mol. The highest BCUT2D eigenvalue weighted by Gasteiger charge is 2.16. The highest BCUT2D eigenvalue weighted by Crippen LogP contribution is 2.16. The third-order valence-electron chi connectivity index (χ3n) is 3.94. The van der Waals surface area contributed by atoms with Gasteiger partial charge in [0, 0.05) is 25.7 Å². The Labute approximate surface area is 152 Å². The summed E-state index contributed by atoms with van der Waals surface area (Å²) >= 11 is 0. The van der Waals surface area contributed by atoms with Crippen LogP contribution < -0.4 is 16.7 Å². The number of nitro groups is 1. The number of hydrogen-bond donors (Lipinski definition) is 2. The number of aromatic amines is 1. The van der Waals surface area contributed by atoms with E-state index in [1.54, 1.807) is 16.7 Å². The Hall–Kier alpha value is -3.76. The van der Waals surface area contributed by atoms with Crippen molar-refractivity contribution < 1.29 is 4.92 Å². The minimum absolute atomic E-state index is 0.00927. The fourth-order valence-electron chi connectivity index (χ4n) is 2.61.